The molecule has 94 valence electrons. The van der Waals surface area contributed by atoms with Crippen molar-refractivity contribution < 1.29 is 14.7 Å². The summed E-state index contributed by atoms with van der Waals surface area (Å²) >= 11 is 0. The first-order chi connectivity index (χ1) is 8.54. The number of nitrogens with one attached hydrogen (secondary N) is 1. The van der Waals surface area contributed by atoms with Crippen LogP contribution in [-0.2, 0) is 16.0 Å². The van der Waals surface area contributed by atoms with E-state index in [1.165, 1.54) is 0 Å². The van der Waals surface area contributed by atoms with Crippen molar-refractivity contribution in [1.29, 1.82) is 0 Å². The SMILES string of the molecule is C=C(Cc1ccccc1)C(=O)C1(O)CCNC1=O. The standard InChI is InChI=1S/C14H15NO3/c1-10(9-11-5-3-2-4-6-11)12(16)14(18)7-8-15-13(14)17/h2-6,18H,1,7-9H2,(H,15,17). The molecule has 0 aromatic heterocycles. The van der Waals surface area contributed by atoms with Gasteiger partial charge in [0.15, 0.2) is 5.78 Å². The summed E-state index contributed by atoms with van der Waals surface area (Å²) < 4.78 is 0. The van der Waals surface area contributed by atoms with Crippen LogP contribution in [0.1, 0.15) is 12.0 Å². The van der Waals surface area contributed by atoms with E-state index in [1.807, 2.05) is 30.3 Å². The Bertz CT molecular complexity index is 495. The minimum Gasteiger partial charge on any atom is -0.373 e. The lowest BCUT2D eigenvalue weighted by Gasteiger charge is -2.18. The largest absolute Gasteiger partial charge is 0.373 e. The molecule has 1 heterocycles. The molecule has 4 nitrogen and oxygen atoms in total. The van der Waals surface area contributed by atoms with Gasteiger partial charge in [0.2, 0.25) is 5.60 Å². The van der Waals surface area contributed by atoms with E-state index in [2.05, 4.69) is 11.9 Å². The van der Waals surface area contributed by atoms with E-state index in [0.717, 1.165) is 5.56 Å². The van der Waals surface area contributed by atoms with Crippen LogP contribution < -0.4 is 5.32 Å². The second kappa shape index (κ2) is 4.74. The number of amides is 1. The van der Waals surface area contributed by atoms with Crippen LogP contribution in [0.3, 0.4) is 0 Å². The van der Waals surface area contributed by atoms with Gasteiger partial charge in [-0.25, -0.2) is 0 Å². The highest BCUT2D eigenvalue weighted by atomic mass is 16.3. The summed E-state index contributed by atoms with van der Waals surface area (Å²) in [5.41, 5.74) is -0.745. The first-order valence-electron chi connectivity index (χ1n) is 5.81. The van der Waals surface area contributed by atoms with Crippen LogP contribution in [0.2, 0.25) is 0 Å². The third-order valence-corrected chi connectivity index (χ3v) is 3.11. The van der Waals surface area contributed by atoms with Gasteiger partial charge in [-0.05, 0) is 11.1 Å². The summed E-state index contributed by atoms with van der Waals surface area (Å²) in [6.07, 6.45) is 0.452. The van der Waals surface area contributed by atoms with Crippen molar-refractivity contribution >= 4 is 11.7 Å². The van der Waals surface area contributed by atoms with E-state index in [-0.39, 0.29) is 12.0 Å². The van der Waals surface area contributed by atoms with E-state index in [4.69, 9.17) is 0 Å². The molecule has 2 N–H and O–H groups in total. The number of benzene rings is 1. The van der Waals surface area contributed by atoms with Gasteiger partial charge in [0.25, 0.3) is 5.91 Å². The Morgan fingerprint density at radius 1 is 1.39 bits per heavy atom. The topological polar surface area (TPSA) is 66.4 Å². The van der Waals surface area contributed by atoms with Crippen LogP contribution in [0.25, 0.3) is 0 Å². The zero-order valence-electron chi connectivity index (χ0n) is 9.98. The maximum Gasteiger partial charge on any atom is 0.260 e. The molecule has 1 fully saturated rings. The molecule has 1 aliphatic rings. The van der Waals surface area contributed by atoms with Gasteiger partial charge in [0.05, 0.1) is 0 Å². The molecule has 1 aromatic carbocycles. The molecule has 18 heavy (non-hydrogen) atoms. The number of carbonyl (C=O) groups excluding carboxylic acids is 2. The van der Waals surface area contributed by atoms with Gasteiger partial charge in [-0.2, -0.15) is 0 Å². The average molecular weight is 245 g/mol. The number of Topliss-reactive ketones (excluding diaryl/α,β-unsaturated/α-hetero) is 1. The fourth-order valence-electron chi connectivity index (χ4n) is 2.05. The number of rotatable bonds is 4. The van der Waals surface area contributed by atoms with Crippen LogP contribution in [0.4, 0.5) is 0 Å². The second-order valence-electron chi connectivity index (χ2n) is 4.46. The van der Waals surface area contributed by atoms with Crippen LogP contribution in [0, 0.1) is 0 Å². The molecular weight excluding hydrogens is 230 g/mol. The van der Waals surface area contributed by atoms with Crippen LogP contribution in [0.5, 0.6) is 0 Å². The summed E-state index contributed by atoms with van der Waals surface area (Å²) in [6.45, 7) is 4.00. The van der Waals surface area contributed by atoms with Gasteiger partial charge < -0.3 is 10.4 Å². The number of aliphatic hydroxyl groups is 1. The first kappa shape index (κ1) is 12.5. The zero-order chi connectivity index (χ0) is 13.2. The van der Waals surface area contributed by atoms with Gasteiger partial charge in [-0.3, -0.25) is 9.59 Å². The van der Waals surface area contributed by atoms with Crippen molar-refractivity contribution in [2.75, 3.05) is 6.54 Å². The average Bonchev–Trinajstić information content (AvgIpc) is 2.71. The predicted octanol–water partition coefficient (Wildman–Crippen LogP) is 0.605. The fraction of sp³-hybridized carbons (Fsp3) is 0.286. The van der Waals surface area contributed by atoms with Crippen molar-refractivity contribution in [3.05, 3.63) is 48.0 Å². The Balaban J connectivity index is 2.10. The highest BCUT2D eigenvalue weighted by molar-refractivity contribution is 6.17. The highest BCUT2D eigenvalue weighted by Gasteiger charge is 2.47. The summed E-state index contributed by atoms with van der Waals surface area (Å²) in [5, 5.41) is 12.5. The predicted molar refractivity (Wildman–Crippen MR) is 66.9 cm³/mol. The van der Waals surface area contributed by atoms with Crippen molar-refractivity contribution in [1.82, 2.24) is 5.32 Å². The Morgan fingerprint density at radius 3 is 2.61 bits per heavy atom. The van der Waals surface area contributed by atoms with E-state index < -0.39 is 17.3 Å². The maximum absolute atomic E-state index is 12.1. The Kier molecular flexibility index (Phi) is 3.30. The number of ketones is 1. The molecule has 1 aliphatic heterocycles. The van der Waals surface area contributed by atoms with Gasteiger partial charge in [-0.1, -0.05) is 36.9 Å². The minimum absolute atomic E-state index is 0.110. The van der Waals surface area contributed by atoms with E-state index >= 15 is 0 Å². The van der Waals surface area contributed by atoms with Gasteiger partial charge in [0, 0.05) is 19.4 Å². The summed E-state index contributed by atoms with van der Waals surface area (Å²) in [7, 11) is 0. The first-order valence-corrected chi connectivity index (χ1v) is 5.81. The molecule has 1 aromatic rings. The second-order valence-corrected chi connectivity index (χ2v) is 4.46. The quantitative estimate of drug-likeness (QED) is 0.603. The minimum atomic E-state index is -1.92. The van der Waals surface area contributed by atoms with Gasteiger partial charge >= 0.3 is 0 Å². The highest BCUT2D eigenvalue weighted by Crippen LogP contribution is 2.22. The van der Waals surface area contributed by atoms with Gasteiger partial charge in [-0.15, -0.1) is 0 Å². The van der Waals surface area contributed by atoms with Crippen LogP contribution >= 0.6 is 0 Å². The van der Waals surface area contributed by atoms with Crippen molar-refractivity contribution in [2.45, 2.75) is 18.4 Å². The molecule has 0 spiro atoms. The maximum atomic E-state index is 12.1. The Labute approximate surface area is 105 Å². The summed E-state index contributed by atoms with van der Waals surface area (Å²) in [4.78, 5) is 23.5. The fourth-order valence-corrected chi connectivity index (χ4v) is 2.05. The monoisotopic (exact) mass is 245 g/mol. The summed E-state index contributed by atoms with van der Waals surface area (Å²) in [6, 6.07) is 9.36. The molecule has 0 saturated carbocycles. The van der Waals surface area contributed by atoms with Crippen LogP contribution in [0.15, 0.2) is 42.5 Å². The lowest BCUT2D eigenvalue weighted by atomic mass is 9.89. The van der Waals surface area contributed by atoms with Crippen LogP contribution in [-0.4, -0.2) is 28.9 Å². The molecule has 1 atom stereocenters. The molecule has 0 radical (unpaired) electrons. The molecule has 0 bridgehead atoms. The molecule has 4 heteroatoms. The number of hydrogen-bond donors (Lipinski definition) is 2. The number of carbonyl (C=O) groups is 2. The van der Waals surface area contributed by atoms with E-state index in [9.17, 15) is 14.7 Å². The molecule has 1 amide bonds. The molecule has 1 unspecified atom stereocenters. The molecular formula is C14H15NO3. The molecule has 2 rings (SSSR count). The third kappa shape index (κ3) is 2.19. The lowest BCUT2D eigenvalue weighted by molar-refractivity contribution is -0.146. The third-order valence-electron chi connectivity index (χ3n) is 3.11. The van der Waals surface area contributed by atoms with E-state index in [1.54, 1.807) is 0 Å². The van der Waals surface area contributed by atoms with Crippen molar-refractivity contribution in [3.8, 4) is 0 Å². The smallest absolute Gasteiger partial charge is 0.260 e. The molecule has 0 aliphatic carbocycles. The summed E-state index contributed by atoms with van der Waals surface area (Å²) in [5.74, 6) is -1.21. The van der Waals surface area contributed by atoms with Gasteiger partial charge in [0.1, 0.15) is 0 Å². The lowest BCUT2D eigenvalue weighted by Crippen LogP contribution is -2.46. The van der Waals surface area contributed by atoms with Crippen molar-refractivity contribution in [3.63, 3.8) is 0 Å². The number of hydrogen-bond acceptors (Lipinski definition) is 3. The zero-order valence-corrected chi connectivity index (χ0v) is 9.98. The Hall–Kier alpha value is -1.94. The van der Waals surface area contributed by atoms with E-state index in [0.29, 0.717) is 13.0 Å². The molecule has 1 saturated heterocycles. The van der Waals surface area contributed by atoms with Crippen molar-refractivity contribution in [2.24, 2.45) is 0 Å². The normalized spacial score (nSPS) is 22.6. The Morgan fingerprint density at radius 2 is 2.06 bits per heavy atom.